The second-order valence-corrected chi connectivity index (χ2v) is 9.06. The Labute approximate surface area is 193 Å². The molecule has 0 amide bonds. The number of phenolic OH excluding ortho intramolecular Hbond substituents is 1. The van der Waals surface area contributed by atoms with Crippen LogP contribution in [-0.2, 0) is 6.98 Å². The molecule has 7 nitrogen and oxygen atoms in total. The van der Waals surface area contributed by atoms with Gasteiger partial charge >= 0.3 is 0 Å². The largest absolute Gasteiger partial charge is 0.507 e. The lowest BCUT2D eigenvalue weighted by Crippen LogP contribution is -2.41. The number of aromatic hydroxyl groups is 1. The number of thiazole rings is 2. The standard InChI is InChI=1S/C20H22N6OS2.ClH/c1-25-11-13(10-22-25)12-3-4-15(16(27)9-12)17-23-18-19(28-17)24-20(29-18)26(2)14-5-7-21-8-6-14;/h3-4,9-11,14,21,27H,5-8H2,1-2H3;1H/i1D3;. The molecule has 0 atom stereocenters. The minimum absolute atomic E-state index is 0. The minimum atomic E-state index is -2.33. The lowest BCUT2D eigenvalue weighted by molar-refractivity contribution is 0.443. The van der Waals surface area contributed by atoms with E-state index in [1.54, 1.807) is 23.5 Å². The number of phenols is 1. The highest BCUT2D eigenvalue weighted by atomic mass is 35.5. The van der Waals surface area contributed by atoms with Crippen LogP contribution >= 0.6 is 35.1 Å². The van der Waals surface area contributed by atoms with Crippen LogP contribution in [0.2, 0.25) is 0 Å². The summed E-state index contributed by atoms with van der Waals surface area (Å²) in [5.74, 6) is 0.0811. The van der Waals surface area contributed by atoms with Gasteiger partial charge in [0.15, 0.2) is 14.8 Å². The van der Waals surface area contributed by atoms with Gasteiger partial charge in [-0.15, -0.1) is 12.4 Å². The summed E-state index contributed by atoms with van der Waals surface area (Å²) in [6, 6.07) is 5.72. The molecule has 0 bridgehead atoms. The van der Waals surface area contributed by atoms with Gasteiger partial charge in [-0.1, -0.05) is 28.7 Å². The first kappa shape index (κ1) is 17.5. The summed E-state index contributed by atoms with van der Waals surface area (Å²) in [7, 11) is 2.10. The van der Waals surface area contributed by atoms with E-state index in [0.717, 1.165) is 45.4 Å². The van der Waals surface area contributed by atoms with Gasteiger partial charge in [0.1, 0.15) is 10.8 Å². The zero-order valence-electron chi connectivity index (χ0n) is 19.2. The first-order valence-corrected chi connectivity index (χ1v) is 11.0. The van der Waals surface area contributed by atoms with Gasteiger partial charge in [0.05, 0.1) is 11.8 Å². The molecule has 0 radical (unpaired) electrons. The van der Waals surface area contributed by atoms with E-state index in [-0.39, 0.29) is 18.2 Å². The first-order valence-electron chi connectivity index (χ1n) is 10.9. The molecule has 2 N–H and O–H groups in total. The Morgan fingerprint density at radius 3 is 2.70 bits per heavy atom. The molecule has 4 heterocycles. The van der Waals surface area contributed by atoms with Crippen LogP contribution in [-0.4, -0.2) is 51.0 Å². The highest BCUT2D eigenvalue weighted by Gasteiger charge is 2.22. The molecule has 30 heavy (non-hydrogen) atoms. The van der Waals surface area contributed by atoms with Crippen molar-refractivity contribution in [3.8, 4) is 27.4 Å². The van der Waals surface area contributed by atoms with Crippen molar-refractivity contribution in [2.24, 2.45) is 6.98 Å². The van der Waals surface area contributed by atoms with E-state index in [0.29, 0.717) is 27.7 Å². The van der Waals surface area contributed by atoms with E-state index in [4.69, 9.17) is 14.1 Å². The number of aryl methyl sites for hydroxylation is 1. The average molecular weight is 466 g/mol. The molecule has 10 heteroatoms. The van der Waals surface area contributed by atoms with Crippen LogP contribution in [0.4, 0.5) is 5.13 Å². The number of nitrogens with one attached hydrogen (secondary N) is 1. The number of fused-ring (bicyclic) bond motifs is 1. The molecule has 5 rings (SSSR count). The Balaban J connectivity index is 0.00000259. The van der Waals surface area contributed by atoms with E-state index >= 15 is 0 Å². The molecule has 0 spiro atoms. The van der Waals surface area contributed by atoms with Crippen LogP contribution in [0.15, 0.2) is 30.6 Å². The molecule has 1 saturated heterocycles. The molecular formula is C20H23ClN6OS2. The zero-order chi connectivity index (χ0) is 22.5. The Hall–Kier alpha value is -2.20. The Bertz CT molecular complexity index is 1230. The van der Waals surface area contributed by atoms with Crippen LogP contribution in [0, 0.1) is 0 Å². The van der Waals surface area contributed by atoms with Gasteiger partial charge in [0.2, 0.25) is 0 Å². The normalized spacial score (nSPS) is 16.6. The number of rotatable bonds is 4. The van der Waals surface area contributed by atoms with Crippen molar-refractivity contribution in [2.75, 3.05) is 25.0 Å². The fraction of sp³-hybridized carbons (Fsp3) is 0.350. The summed E-state index contributed by atoms with van der Waals surface area (Å²) in [6.45, 7) is -0.270. The number of anilines is 1. The van der Waals surface area contributed by atoms with Crippen LogP contribution in [0.25, 0.3) is 31.4 Å². The Morgan fingerprint density at radius 1 is 1.20 bits per heavy atom. The zero-order valence-corrected chi connectivity index (χ0v) is 18.7. The van der Waals surface area contributed by atoms with Gasteiger partial charge in [0, 0.05) is 35.9 Å². The third-order valence-electron chi connectivity index (χ3n) is 5.27. The van der Waals surface area contributed by atoms with Crippen molar-refractivity contribution in [3.63, 3.8) is 0 Å². The second-order valence-electron chi connectivity index (χ2n) is 7.12. The van der Waals surface area contributed by atoms with E-state index in [1.165, 1.54) is 23.7 Å². The maximum absolute atomic E-state index is 10.6. The summed E-state index contributed by atoms with van der Waals surface area (Å²) in [5, 5.41) is 19.6. The fourth-order valence-corrected chi connectivity index (χ4v) is 5.72. The quantitative estimate of drug-likeness (QED) is 0.471. The highest BCUT2D eigenvalue weighted by Crippen LogP contribution is 2.40. The lowest BCUT2D eigenvalue weighted by atomic mass is 10.1. The van der Waals surface area contributed by atoms with Gasteiger partial charge < -0.3 is 15.3 Å². The van der Waals surface area contributed by atoms with E-state index in [9.17, 15) is 5.11 Å². The molecule has 1 aliphatic rings. The molecule has 4 aromatic rings. The molecule has 0 aliphatic carbocycles. The summed E-state index contributed by atoms with van der Waals surface area (Å²) in [5.41, 5.74) is 1.93. The molecule has 1 aromatic carbocycles. The molecule has 0 saturated carbocycles. The average Bonchev–Trinajstić information content (AvgIpc) is 3.48. The summed E-state index contributed by atoms with van der Waals surface area (Å²) < 4.78 is 23.3. The maximum Gasteiger partial charge on any atom is 0.188 e. The molecule has 3 aromatic heterocycles. The van der Waals surface area contributed by atoms with Gasteiger partial charge in [-0.3, -0.25) is 4.68 Å². The van der Waals surface area contributed by atoms with Crippen LogP contribution in [0.1, 0.15) is 17.0 Å². The summed E-state index contributed by atoms with van der Waals surface area (Å²) in [6.07, 6.45) is 5.14. The van der Waals surface area contributed by atoms with Crippen molar-refractivity contribution in [1.29, 1.82) is 0 Å². The maximum atomic E-state index is 10.6. The lowest BCUT2D eigenvalue weighted by Gasteiger charge is -2.31. The predicted octanol–water partition coefficient (Wildman–Crippen LogP) is 4.14. The summed E-state index contributed by atoms with van der Waals surface area (Å²) in [4.78, 5) is 13.5. The predicted molar refractivity (Wildman–Crippen MR) is 126 cm³/mol. The van der Waals surface area contributed by atoms with Gasteiger partial charge in [-0.2, -0.15) is 5.10 Å². The van der Waals surface area contributed by atoms with Crippen molar-refractivity contribution >= 4 is 49.9 Å². The third-order valence-corrected chi connectivity index (χ3v) is 7.42. The topological polar surface area (TPSA) is 79.1 Å². The van der Waals surface area contributed by atoms with Crippen molar-refractivity contribution in [3.05, 3.63) is 30.6 Å². The van der Waals surface area contributed by atoms with Gasteiger partial charge in [0.25, 0.3) is 0 Å². The van der Waals surface area contributed by atoms with Crippen LogP contribution in [0.3, 0.4) is 0 Å². The Morgan fingerprint density at radius 2 is 2.00 bits per heavy atom. The molecule has 1 fully saturated rings. The van der Waals surface area contributed by atoms with Gasteiger partial charge in [-0.25, -0.2) is 9.97 Å². The first-order chi connectivity index (χ1) is 15.3. The smallest absolute Gasteiger partial charge is 0.188 e. The Kier molecular flexibility index (Phi) is 4.95. The number of nitrogens with zero attached hydrogens (tertiary/aromatic N) is 5. The van der Waals surface area contributed by atoms with E-state index < -0.39 is 6.98 Å². The van der Waals surface area contributed by atoms with Crippen LogP contribution < -0.4 is 10.2 Å². The van der Waals surface area contributed by atoms with Crippen LogP contribution in [0.5, 0.6) is 5.75 Å². The van der Waals surface area contributed by atoms with Crippen molar-refractivity contribution < 1.29 is 9.22 Å². The molecule has 1 aliphatic heterocycles. The minimum Gasteiger partial charge on any atom is -0.507 e. The number of hydrogen-bond donors (Lipinski definition) is 2. The van der Waals surface area contributed by atoms with Crippen molar-refractivity contribution in [1.82, 2.24) is 25.1 Å². The molecule has 158 valence electrons. The van der Waals surface area contributed by atoms with Crippen molar-refractivity contribution in [2.45, 2.75) is 18.9 Å². The second kappa shape index (κ2) is 8.50. The highest BCUT2D eigenvalue weighted by molar-refractivity contribution is 7.29. The van der Waals surface area contributed by atoms with E-state index in [2.05, 4.69) is 22.4 Å². The van der Waals surface area contributed by atoms with Gasteiger partial charge in [-0.05, 0) is 43.6 Å². The third kappa shape index (κ3) is 3.90. The number of halogens is 1. The monoisotopic (exact) mass is 465 g/mol. The SMILES string of the molecule is Cl.[2H]C([2H])([2H])n1cc(-c2ccc(-c3nc4sc(N(C)C5CCNCC5)nc4s3)c(O)c2)cn1. The molecule has 0 unspecified atom stereocenters. The van der Waals surface area contributed by atoms with E-state index in [1.807, 2.05) is 6.07 Å². The fourth-order valence-electron chi connectivity index (χ4n) is 3.61. The number of aromatic nitrogens is 4. The summed E-state index contributed by atoms with van der Waals surface area (Å²) >= 11 is 3.03. The number of benzene rings is 1. The number of hydrogen-bond acceptors (Lipinski definition) is 8. The number of piperidine rings is 1. The molecular weight excluding hydrogens is 440 g/mol.